The van der Waals surface area contributed by atoms with Gasteiger partial charge in [0, 0.05) is 10.7 Å². The molecule has 0 aliphatic carbocycles. The van der Waals surface area contributed by atoms with Crippen LogP contribution in [0, 0.1) is 17.2 Å². The Bertz CT molecular complexity index is 566. The smallest absolute Gasteiger partial charge is 0.243 e. The Hall–Kier alpha value is -2.26. The van der Waals surface area contributed by atoms with E-state index in [1.165, 1.54) is 0 Å². The van der Waals surface area contributed by atoms with Gasteiger partial charge in [0.15, 0.2) is 0 Å². The Kier molecular flexibility index (Phi) is 7.92. The number of nitrogens with zero attached hydrogens (tertiary/aromatic N) is 1. The number of hydrogen-bond acceptors (Lipinski definition) is 4. The fraction of sp³-hybridized carbons (Fsp3) is 0.438. The van der Waals surface area contributed by atoms with Crippen LogP contribution in [-0.2, 0) is 9.59 Å². The Morgan fingerprint density at radius 2 is 1.91 bits per heavy atom. The molecule has 1 unspecified atom stereocenters. The third-order valence-corrected chi connectivity index (χ3v) is 3.25. The number of nitrogens with one attached hydrogen (secondary N) is 3. The molecule has 0 radical (unpaired) electrons. The van der Waals surface area contributed by atoms with Crippen LogP contribution >= 0.6 is 11.6 Å². The predicted octanol–water partition coefficient (Wildman–Crippen LogP) is 1.92. The van der Waals surface area contributed by atoms with Crippen molar-refractivity contribution in [2.75, 3.05) is 18.4 Å². The minimum Gasteiger partial charge on any atom is -0.376 e. The summed E-state index contributed by atoms with van der Waals surface area (Å²) in [6, 6.07) is 8.16. The van der Waals surface area contributed by atoms with Crippen molar-refractivity contribution in [3.8, 4) is 6.07 Å². The van der Waals surface area contributed by atoms with Gasteiger partial charge in [-0.3, -0.25) is 9.59 Å². The van der Waals surface area contributed by atoms with Crippen LogP contribution in [0.5, 0.6) is 0 Å². The van der Waals surface area contributed by atoms with E-state index >= 15 is 0 Å². The standard InChI is InChI=1S/C16H21ClN4O2/c1-11(2)9-14(16(23)19-8-7-18)21-15(22)10-20-13-5-3-12(17)4-6-13/h3-6,11,14,20H,8-10H2,1-2H3,(H,19,23)(H,21,22). The van der Waals surface area contributed by atoms with E-state index in [1.54, 1.807) is 24.3 Å². The van der Waals surface area contributed by atoms with Crippen LogP contribution in [0.4, 0.5) is 5.69 Å². The Morgan fingerprint density at radius 3 is 2.48 bits per heavy atom. The van der Waals surface area contributed by atoms with Gasteiger partial charge in [0.25, 0.3) is 0 Å². The number of anilines is 1. The maximum Gasteiger partial charge on any atom is 0.243 e. The number of carbonyl (C=O) groups is 2. The quantitative estimate of drug-likeness (QED) is 0.632. The molecule has 0 saturated carbocycles. The number of halogens is 1. The van der Waals surface area contributed by atoms with Gasteiger partial charge in [0.1, 0.15) is 12.6 Å². The molecule has 124 valence electrons. The number of benzene rings is 1. The predicted molar refractivity (Wildman–Crippen MR) is 90.0 cm³/mol. The number of hydrogen-bond donors (Lipinski definition) is 3. The summed E-state index contributed by atoms with van der Waals surface area (Å²) in [6.45, 7) is 3.89. The summed E-state index contributed by atoms with van der Waals surface area (Å²) in [6.07, 6.45) is 0.504. The van der Waals surface area contributed by atoms with Crippen LogP contribution in [-0.4, -0.2) is 30.9 Å². The Morgan fingerprint density at radius 1 is 1.26 bits per heavy atom. The van der Waals surface area contributed by atoms with Crippen molar-refractivity contribution in [1.29, 1.82) is 5.26 Å². The maximum atomic E-state index is 12.0. The Balaban J connectivity index is 2.53. The lowest BCUT2D eigenvalue weighted by molar-refractivity contribution is -0.128. The van der Waals surface area contributed by atoms with Gasteiger partial charge < -0.3 is 16.0 Å². The SMILES string of the molecule is CC(C)CC(NC(=O)CNc1ccc(Cl)cc1)C(=O)NCC#N. The first-order valence-corrected chi connectivity index (χ1v) is 7.73. The first-order chi connectivity index (χ1) is 10.9. The molecule has 3 N–H and O–H groups in total. The van der Waals surface area contributed by atoms with Gasteiger partial charge in [0.2, 0.25) is 11.8 Å². The highest BCUT2D eigenvalue weighted by Gasteiger charge is 2.21. The zero-order chi connectivity index (χ0) is 17.2. The van der Waals surface area contributed by atoms with E-state index in [0.29, 0.717) is 11.4 Å². The second kappa shape index (κ2) is 9.70. The van der Waals surface area contributed by atoms with Crippen molar-refractivity contribution in [3.63, 3.8) is 0 Å². The molecule has 0 bridgehead atoms. The van der Waals surface area contributed by atoms with Gasteiger partial charge in [-0.2, -0.15) is 5.26 Å². The van der Waals surface area contributed by atoms with Gasteiger partial charge in [-0.05, 0) is 36.6 Å². The zero-order valence-electron chi connectivity index (χ0n) is 13.2. The summed E-state index contributed by atoms with van der Waals surface area (Å²) in [5.41, 5.74) is 0.763. The third kappa shape index (κ3) is 7.52. The molecule has 6 nitrogen and oxygen atoms in total. The largest absolute Gasteiger partial charge is 0.376 e. The normalized spacial score (nSPS) is 11.4. The molecule has 1 atom stereocenters. The molecule has 0 heterocycles. The van der Waals surface area contributed by atoms with Crippen molar-refractivity contribution in [2.24, 2.45) is 5.92 Å². The molecule has 23 heavy (non-hydrogen) atoms. The molecule has 0 aliphatic rings. The zero-order valence-corrected chi connectivity index (χ0v) is 14.0. The van der Waals surface area contributed by atoms with Gasteiger partial charge in [-0.15, -0.1) is 0 Å². The van der Waals surface area contributed by atoms with Crippen molar-refractivity contribution in [3.05, 3.63) is 29.3 Å². The van der Waals surface area contributed by atoms with Crippen LogP contribution in [0.1, 0.15) is 20.3 Å². The lowest BCUT2D eigenvalue weighted by Crippen LogP contribution is -2.48. The number of nitriles is 1. The molecule has 7 heteroatoms. The number of amides is 2. The van der Waals surface area contributed by atoms with Crippen molar-refractivity contribution in [2.45, 2.75) is 26.3 Å². The second-order valence-corrected chi connectivity index (χ2v) is 5.92. The summed E-state index contributed by atoms with van der Waals surface area (Å²) in [7, 11) is 0. The molecule has 0 fully saturated rings. The molecule has 0 spiro atoms. The van der Waals surface area contributed by atoms with E-state index in [4.69, 9.17) is 16.9 Å². The fourth-order valence-electron chi connectivity index (χ4n) is 1.95. The lowest BCUT2D eigenvalue weighted by atomic mass is 10.0. The highest BCUT2D eigenvalue weighted by Crippen LogP contribution is 2.13. The van der Waals surface area contributed by atoms with Crippen LogP contribution in [0.2, 0.25) is 5.02 Å². The Labute approximate surface area is 141 Å². The molecular formula is C16H21ClN4O2. The van der Waals surface area contributed by atoms with Crippen LogP contribution < -0.4 is 16.0 Å². The summed E-state index contributed by atoms with van der Waals surface area (Å²) in [5.74, 6) is -0.407. The molecular weight excluding hydrogens is 316 g/mol. The second-order valence-electron chi connectivity index (χ2n) is 5.49. The molecule has 1 rings (SSSR count). The van der Waals surface area contributed by atoms with E-state index in [9.17, 15) is 9.59 Å². The molecule has 0 aliphatic heterocycles. The highest BCUT2D eigenvalue weighted by atomic mass is 35.5. The van der Waals surface area contributed by atoms with Gasteiger partial charge in [0.05, 0.1) is 12.6 Å². The molecule has 1 aromatic carbocycles. The molecule has 2 amide bonds. The first-order valence-electron chi connectivity index (χ1n) is 7.35. The monoisotopic (exact) mass is 336 g/mol. The van der Waals surface area contributed by atoms with E-state index in [-0.39, 0.29) is 30.8 Å². The number of rotatable bonds is 8. The molecule has 0 saturated heterocycles. The topological polar surface area (TPSA) is 94.0 Å². The summed E-state index contributed by atoms with van der Waals surface area (Å²) >= 11 is 5.79. The van der Waals surface area contributed by atoms with Crippen molar-refractivity contribution < 1.29 is 9.59 Å². The summed E-state index contributed by atoms with van der Waals surface area (Å²) in [4.78, 5) is 24.0. The maximum absolute atomic E-state index is 12.0. The van der Waals surface area contributed by atoms with Crippen molar-refractivity contribution >= 4 is 29.1 Å². The lowest BCUT2D eigenvalue weighted by Gasteiger charge is -2.19. The van der Waals surface area contributed by atoms with Gasteiger partial charge in [-0.1, -0.05) is 25.4 Å². The van der Waals surface area contributed by atoms with E-state index in [0.717, 1.165) is 5.69 Å². The third-order valence-electron chi connectivity index (χ3n) is 3.00. The van der Waals surface area contributed by atoms with E-state index in [2.05, 4.69) is 16.0 Å². The van der Waals surface area contributed by atoms with Crippen LogP contribution in [0.25, 0.3) is 0 Å². The highest BCUT2D eigenvalue weighted by molar-refractivity contribution is 6.30. The van der Waals surface area contributed by atoms with Crippen LogP contribution in [0.15, 0.2) is 24.3 Å². The minimum absolute atomic E-state index is 0.0434. The molecule has 1 aromatic rings. The van der Waals surface area contributed by atoms with Crippen LogP contribution in [0.3, 0.4) is 0 Å². The minimum atomic E-state index is -0.650. The number of carbonyl (C=O) groups excluding carboxylic acids is 2. The van der Waals surface area contributed by atoms with Gasteiger partial charge >= 0.3 is 0 Å². The van der Waals surface area contributed by atoms with E-state index < -0.39 is 6.04 Å². The average molecular weight is 337 g/mol. The first kappa shape index (κ1) is 18.8. The van der Waals surface area contributed by atoms with Gasteiger partial charge in [-0.25, -0.2) is 0 Å². The summed E-state index contributed by atoms with van der Waals surface area (Å²) < 4.78 is 0. The molecule has 0 aromatic heterocycles. The van der Waals surface area contributed by atoms with E-state index in [1.807, 2.05) is 19.9 Å². The summed E-state index contributed by atoms with van der Waals surface area (Å²) in [5, 5.41) is 17.3. The van der Waals surface area contributed by atoms with Crippen molar-refractivity contribution in [1.82, 2.24) is 10.6 Å². The fourth-order valence-corrected chi connectivity index (χ4v) is 2.07. The average Bonchev–Trinajstić information content (AvgIpc) is 2.51.